The summed E-state index contributed by atoms with van der Waals surface area (Å²) >= 11 is 0. The van der Waals surface area contributed by atoms with Crippen molar-refractivity contribution in [3.05, 3.63) is 65.0 Å². The zero-order chi connectivity index (χ0) is 19.5. The molecule has 0 atom stereocenters. The number of nitrogens with one attached hydrogen (secondary N) is 1. The van der Waals surface area contributed by atoms with E-state index >= 15 is 0 Å². The second-order valence-corrected chi connectivity index (χ2v) is 7.29. The number of aryl methyl sites for hydroxylation is 2. The number of hydrogen-bond acceptors (Lipinski definition) is 4. The van der Waals surface area contributed by atoms with Gasteiger partial charge in [0.1, 0.15) is 5.82 Å². The SMILES string of the molecule is Cc1ccc(-c2nnc3n2CCCCC3)cc1NC(=O)c1ccc(CN)cc1.Cl.Cl. The van der Waals surface area contributed by atoms with Gasteiger partial charge in [0, 0.05) is 36.3 Å². The minimum absolute atomic E-state index is 0. The molecule has 30 heavy (non-hydrogen) atoms. The lowest BCUT2D eigenvalue weighted by Crippen LogP contribution is -2.13. The summed E-state index contributed by atoms with van der Waals surface area (Å²) in [6, 6.07) is 13.4. The molecule has 4 rings (SSSR count). The van der Waals surface area contributed by atoms with Crippen molar-refractivity contribution in [2.75, 3.05) is 5.32 Å². The fourth-order valence-electron chi connectivity index (χ4n) is 3.58. The summed E-state index contributed by atoms with van der Waals surface area (Å²) in [4.78, 5) is 12.7. The van der Waals surface area contributed by atoms with E-state index in [1.807, 2.05) is 37.3 Å². The largest absolute Gasteiger partial charge is 0.326 e. The van der Waals surface area contributed by atoms with Crippen LogP contribution in [0.3, 0.4) is 0 Å². The lowest BCUT2D eigenvalue weighted by Gasteiger charge is -2.12. The first-order chi connectivity index (χ1) is 13.7. The van der Waals surface area contributed by atoms with Crippen molar-refractivity contribution in [3.63, 3.8) is 0 Å². The van der Waals surface area contributed by atoms with Crippen LogP contribution >= 0.6 is 24.8 Å². The standard InChI is InChI=1S/C22H25N5O.2ClH/c1-15-6-9-18(21-26-25-20-5-3-2-4-12-27(20)21)13-19(15)24-22(28)17-10-7-16(14-23)8-11-17;;/h6-11,13H,2-5,12,14,23H2,1H3,(H,24,28);2*1H. The second-order valence-electron chi connectivity index (χ2n) is 7.29. The molecular weight excluding hydrogens is 421 g/mol. The van der Waals surface area contributed by atoms with Gasteiger partial charge in [-0.05, 0) is 49.1 Å². The zero-order valence-electron chi connectivity index (χ0n) is 16.9. The lowest BCUT2D eigenvalue weighted by atomic mass is 10.1. The molecule has 0 saturated heterocycles. The number of amides is 1. The number of benzene rings is 2. The van der Waals surface area contributed by atoms with Crippen LogP contribution in [0.1, 0.15) is 46.6 Å². The Morgan fingerprint density at radius 2 is 1.83 bits per heavy atom. The normalized spacial score (nSPS) is 12.7. The van der Waals surface area contributed by atoms with Gasteiger partial charge in [0.2, 0.25) is 0 Å². The molecule has 0 saturated carbocycles. The van der Waals surface area contributed by atoms with Crippen molar-refractivity contribution in [2.24, 2.45) is 5.73 Å². The number of nitrogens with two attached hydrogens (primary N) is 1. The second kappa shape index (κ2) is 10.6. The zero-order valence-corrected chi connectivity index (χ0v) is 18.6. The predicted octanol–water partition coefficient (Wildman–Crippen LogP) is 4.53. The Morgan fingerprint density at radius 3 is 2.57 bits per heavy atom. The third kappa shape index (κ3) is 5.01. The number of fused-ring (bicyclic) bond motifs is 1. The monoisotopic (exact) mass is 447 g/mol. The van der Waals surface area contributed by atoms with Gasteiger partial charge < -0.3 is 15.6 Å². The van der Waals surface area contributed by atoms with E-state index < -0.39 is 0 Å². The van der Waals surface area contributed by atoms with Gasteiger partial charge in [0.05, 0.1) is 0 Å². The quantitative estimate of drug-likeness (QED) is 0.614. The van der Waals surface area contributed by atoms with Gasteiger partial charge in [-0.2, -0.15) is 0 Å². The number of halogens is 2. The predicted molar refractivity (Wildman–Crippen MR) is 125 cm³/mol. The van der Waals surface area contributed by atoms with Crippen molar-refractivity contribution in [1.82, 2.24) is 14.8 Å². The van der Waals surface area contributed by atoms with E-state index in [1.165, 1.54) is 6.42 Å². The minimum Gasteiger partial charge on any atom is -0.326 e. The molecule has 8 heteroatoms. The number of carbonyl (C=O) groups is 1. The molecule has 0 unspecified atom stereocenters. The molecule has 2 aromatic carbocycles. The Hall–Kier alpha value is -2.41. The van der Waals surface area contributed by atoms with Gasteiger partial charge >= 0.3 is 0 Å². The highest BCUT2D eigenvalue weighted by molar-refractivity contribution is 6.04. The molecule has 6 nitrogen and oxygen atoms in total. The maximum absolute atomic E-state index is 12.7. The van der Waals surface area contributed by atoms with Crippen molar-refractivity contribution in [1.29, 1.82) is 0 Å². The summed E-state index contributed by atoms with van der Waals surface area (Å²) in [5.74, 6) is 1.79. The molecular formula is C22H27Cl2N5O. The molecule has 1 aliphatic rings. The van der Waals surface area contributed by atoms with Gasteiger partial charge in [-0.1, -0.05) is 30.7 Å². The summed E-state index contributed by atoms with van der Waals surface area (Å²) in [5.41, 5.74) is 10.0. The van der Waals surface area contributed by atoms with E-state index in [2.05, 4.69) is 20.1 Å². The van der Waals surface area contributed by atoms with E-state index in [0.717, 1.165) is 59.8 Å². The van der Waals surface area contributed by atoms with Crippen LogP contribution < -0.4 is 11.1 Å². The summed E-state index contributed by atoms with van der Waals surface area (Å²) in [6.45, 7) is 3.40. The Balaban J connectivity index is 0.00000160. The van der Waals surface area contributed by atoms with E-state index in [9.17, 15) is 4.79 Å². The Morgan fingerprint density at radius 1 is 1.07 bits per heavy atom. The summed E-state index contributed by atoms with van der Waals surface area (Å²) in [6.07, 6.45) is 4.50. The van der Waals surface area contributed by atoms with Gasteiger partial charge in [-0.15, -0.1) is 35.0 Å². The van der Waals surface area contributed by atoms with Crippen molar-refractivity contribution >= 4 is 36.4 Å². The van der Waals surface area contributed by atoms with Crippen LogP contribution in [0.5, 0.6) is 0 Å². The molecule has 3 aromatic rings. The molecule has 1 aromatic heterocycles. The number of hydrogen-bond donors (Lipinski definition) is 2. The molecule has 160 valence electrons. The van der Waals surface area contributed by atoms with Crippen LogP contribution in [0.2, 0.25) is 0 Å². The van der Waals surface area contributed by atoms with Crippen molar-refractivity contribution in [2.45, 2.75) is 45.7 Å². The van der Waals surface area contributed by atoms with Crippen LogP contribution in [-0.4, -0.2) is 20.7 Å². The number of anilines is 1. The summed E-state index contributed by atoms with van der Waals surface area (Å²) in [7, 11) is 0. The molecule has 0 bridgehead atoms. The Labute approximate surface area is 189 Å². The number of aromatic nitrogens is 3. The average Bonchev–Trinajstić information content (AvgIpc) is 2.97. The van der Waals surface area contributed by atoms with Crippen LogP contribution in [0, 0.1) is 6.92 Å². The highest BCUT2D eigenvalue weighted by Crippen LogP contribution is 2.27. The van der Waals surface area contributed by atoms with Crippen LogP contribution in [0.25, 0.3) is 11.4 Å². The molecule has 2 heterocycles. The van der Waals surface area contributed by atoms with Crippen molar-refractivity contribution < 1.29 is 4.79 Å². The van der Waals surface area contributed by atoms with Gasteiger partial charge in [-0.25, -0.2) is 0 Å². The maximum atomic E-state index is 12.7. The number of rotatable bonds is 4. The topological polar surface area (TPSA) is 85.8 Å². The third-order valence-corrected chi connectivity index (χ3v) is 5.31. The number of nitrogens with zero attached hydrogens (tertiary/aromatic N) is 3. The summed E-state index contributed by atoms with van der Waals surface area (Å²) < 4.78 is 2.22. The molecule has 0 spiro atoms. The van der Waals surface area contributed by atoms with E-state index in [0.29, 0.717) is 12.1 Å². The molecule has 0 radical (unpaired) electrons. The Kier molecular flexibility index (Phi) is 8.41. The first kappa shape index (κ1) is 23.9. The van der Waals surface area contributed by atoms with Gasteiger partial charge in [-0.3, -0.25) is 4.79 Å². The highest BCUT2D eigenvalue weighted by Gasteiger charge is 2.17. The van der Waals surface area contributed by atoms with Gasteiger partial charge in [0.15, 0.2) is 5.82 Å². The summed E-state index contributed by atoms with van der Waals surface area (Å²) in [5, 5.41) is 11.8. The van der Waals surface area contributed by atoms with Gasteiger partial charge in [0.25, 0.3) is 5.91 Å². The Bertz CT molecular complexity index is 1000. The number of carbonyl (C=O) groups excluding carboxylic acids is 1. The smallest absolute Gasteiger partial charge is 0.255 e. The van der Waals surface area contributed by atoms with E-state index in [-0.39, 0.29) is 30.7 Å². The van der Waals surface area contributed by atoms with E-state index in [1.54, 1.807) is 12.1 Å². The highest BCUT2D eigenvalue weighted by atomic mass is 35.5. The first-order valence-electron chi connectivity index (χ1n) is 9.79. The fraction of sp³-hybridized carbons (Fsp3) is 0.318. The molecule has 1 amide bonds. The average molecular weight is 448 g/mol. The van der Waals surface area contributed by atoms with Crippen LogP contribution in [-0.2, 0) is 19.5 Å². The van der Waals surface area contributed by atoms with Crippen LogP contribution in [0.15, 0.2) is 42.5 Å². The fourth-order valence-corrected chi connectivity index (χ4v) is 3.58. The van der Waals surface area contributed by atoms with E-state index in [4.69, 9.17) is 5.73 Å². The van der Waals surface area contributed by atoms with Crippen LogP contribution in [0.4, 0.5) is 5.69 Å². The first-order valence-corrected chi connectivity index (χ1v) is 9.79. The maximum Gasteiger partial charge on any atom is 0.255 e. The molecule has 0 fully saturated rings. The minimum atomic E-state index is -0.135. The molecule has 3 N–H and O–H groups in total. The molecule has 1 aliphatic heterocycles. The third-order valence-electron chi connectivity index (χ3n) is 5.31. The molecule has 0 aliphatic carbocycles. The lowest BCUT2D eigenvalue weighted by molar-refractivity contribution is 0.102. The van der Waals surface area contributed by atoms with Crippen molar-refractivity contribution in [3.8, 4) is 11.4 Å².